The van der Waals surface area contributed by atoms with E-state index in [2.05, 4.69) is 25.3 Å². The molecule has 11 heteroatoms. The van der Waals surface area contributed by atoms with E-state index in [0.717, 1.165) is 17.2 Å². The minimum Gasteiger partial charge on any atom is -0.354 e. The van der Waals surface area contributed by atoms with Gasteiger partial charge in [0.2, 0.25) is 15.9 Å². The highest BCUT2D eigenvalue weighted by Gasteiger charge is 2.30. The summed E-state index contributed by atoms with van der Waals surface area (Å²) in [5.41, 5.74) is 3.06. The number of aromatic nitrogens is 4. The molecule has 180 valence electrons. The van der Waals surface area contributed by atoms with Crippen molar-refractivity contribution in [1.82, 2.24) is 24.1 Å². The van der Waals surface area contributed by atoms with Gasteiger partial charge in [-0.3, -0.25) is 4.79 Å². The van der Waals surface area contributed by atoms with Gasteiger partial charge in [0.05, 0.1) is 10.6 Å². The molecule has 1 aliphatic heterocycles. The highest BCUT2D eigenvalue weighted by atomic mass is 32.2. The number of benzene rings is 1. The summed E-state index contributed by atoms with van der Waals surface area (Å²) in [6, 6.07) is 8.72. The zero-order chi connectivity index (χ0) is 24.6. The van der Waals surface area contributed by atoms with Gasteiger partial charge in [-0.25, -0.2) is 23.1 Å². The van der Waals surface area contributed by atoms with Crippen LogP contribution in [0.15, 0.2) is 35.2 Å². The Balaban J connectivity index is 1.51. The number of hydrogen-bond acceptors (Lipinski definition) is 7. The fourth-order valence-corrected chi connectivity index (χ4v) is 5.81. The number of nitrogens with one attached hydrogen (secondary N) is 1. The van der Waals surface area contributed by atoms with Gasteiger partial charge in [0.25, 0.3) is 0 Å². The van der Waals surface area contributed by atoms with E-state index in [-0.39, 0.29) is 10.8 Å². The molecule has 3 heterocycles. The van der Waals surface area contributed by atoms with Gasteiger partial charge in [-0.2, -0.15) is 9.40 Å². The summed E-state index contributed by atoms with van der Waals surface area (Å²) in [6.45, 7) is 10.6. The number of piperazine rings is 1. The Hall–Kier alpha value is -3.31. The third-order valence-electron chi connectivity index (χ3n) is 5.71. The van der Waals surface area contributed by atoms with E-state index in [1.807, 2.05) is 32.9 Å². The Kier molecular flexibility index (Phi) is 6.41. The van der Waals surface area contributed by atoms with Crippen LogP contribution in [0.1, 0.15) is 29.7 Å². The van der Waals surface area contributed by atoms with Crippen LogP contribution in [0.2, 0.25) is 0 Å². The lowest BCUT2D eigenvalue weighted by atomic mass is 10.2. The number of aryl methyl sites for hydroxylation is 4. The lowest BCUT2D eigenvalue weighted by Crippen LogP contribution is -2.49. The van der Waals surface area contributed by atoms with Crippen molar-refractivity contribution in [2.75, 3.05) is 36.4 Å². The molecule has 1 aromatic carbocycles. The van der Waals surface area contributed by atoms with Crippen molar-refractivity contribution in [3.05, 3.63) is 53.1 Å². The first-order chi connectivity index (χ1) is 16.0. The highest BCUT2D eigenvalue weighted by Crippen LogP contribution is 2.25. The van der Waals surface area contributed by atoms with Crippen LogP contribution in [0.4, 0.5) is 11.5 Å². The predicted octanol–water partition coefficient (Wildman–Crippen LogP) is 2.37. The molecule has 0 unspecified atom stereocenters. The number of rotatable bonds is 5. The Labute approximate surface area is 199 Å². The molecule has 0 radical (unpaired) electrons. The number of hydrogen-bond donors (Lipinski definition) is 1. The maximum atomic E-state index is 13.3. The van der Waals surface area contributed by atoms with Gasteiger partial charge in [0, 0.05) is 50.6 Å². The minimum atomic E-state index is -3.66. The van der Waals surface area contributed by atoms with Crippen molar-refractivity contribution >= 4 is 27.4 Å². The Morgan fingerprint density at radius 2 is 1.62 bits per heavy atom. The van der Waals surface area contributed by atoms with Gasteiger partial charge in [0.1, 0.15) is 11.6 Å². The van der Waals surface area contributed by atoms with Gasteiger partial charge < -0.3 is 10.2 Å². The van der Waals surface area contributed by atoms with Gasteiger partial charge in [-0.1, -0.05) is 0 Å². The van der Waals surface area contributed by atoms with Crippen LogP contribution in [-0.4, -0.2) is 64.6 Å². The molecule has 0 aliphatic carbocycles. The van der Waals surface area contributed by atoms with E-state index >= 15 is 0 Å². The molecule has 1 saturated heterocycles. The molecule has 1 aliphatic rings. The van der Waals surface area contributed by atoms with Crippen LogP contribution >= 0.6 is 0 Å². The number of amides is 1. The number of anilines is 2. The lowest BCUT2D eigenvalue weighted by Gasteiger charge is -2.35. The summed E-state index contributed by atoms with van der Waals surface area (Å²) >= 11 is 0. The molecule has 0 saturated carbocycles. The Morgan fingerprint density at radius 1 is 0.941 bits per heavy atom. The molecule has 1 N–H and O–H groups in total. The fraction of sp³-hybridized carbons (Fsp3) is 0.391. The highest BCUT2D eigenvalue weighted by molar-refractivity contribution is 7.89. The molecular formula is C23H29N7O3S. The first-order valence-corrected chi connectivity index (χ1v) is 12.5. The van der Waals surface area contributed by atoms with Crippen molar-refractivity contribution in [3.63, 3.8) is 0 Å². The average molecular weight is 484 g/mol. The van der Waals surface area contributed by atoms with E-state index in [9.17, 15) is 13.2 Å². The minimum absolute atomic E-state index is 0.202. The summed E-state index contributed by atoms with van der Waals surface area (Å²) in [4.78, 5) is 22.7. The topological polar surface area (TPSA) is 113 Å². The number of nitrogens with zero attached hydrogens (tertiary/aromatic N) is 6. The second-order valence-corrected chi connectivity index (χ2v) is 10.4. The SMILES string of the molecule is CC(=O)Nc1ccc(S(=O)(=O)N2CCN(c3cc(-n4nc(C)cc4C)nc(C)n3)CC2)c(C)c1. The fourth-order valence-electron chi connectivity index (χ4n) is 4.18. The summed E-state index contributed by atoms with van der Waals surface area (Å²) in [5.74, 6) is 1.87. The van der Waals surface area contributed by atoms with Crippen LogP contribution in [0, 0.1) is 27.7 Å². The van der Waals surface area contributed by atoms with Crippen molar-refractivity contribution in [2.24, 2.45) is 0 Å². The molecule has 34 heavy (non-hydrogen) atoms. The van der Waals surface area contributed by atoms with Crippen LogP contribution in [0.25, 0.3) is 5.82 Å². The van der Waals surface area contributed by atoms with Crippen molar-refractivity contribution in [3.8, 4) is 5.82 Å². The van der Waals surface area contributed by atoms with Crippen molar-refractivity contribution in [1.29, 1.82) is 0 Å². The number of sulfonamides is 1. The van der Waals surface area contributed by atoms with Gasteiger partial charge in [-0.05, 0) is 57.5 Å². The number of carbonyl (C=O) groups is 1. The molecule has 1 fully saturated rings. The van der Waals surface area contributed by atoms with Crippen LogP contribution in [0.3, 0.4) is 0 Å². The Morgan fingerprint density at radius 3 is 2.21 bits per heavy atom. The molecule has 10 nitrogen and oxygen atoms in total. The number of carbonyl (C=O) groups excluding carboxylic acids is 1. The van der Waals surface area contributed by atoms with E-state index in [1.165, 1.54) is 11.2 Å². The average Bonchev–Trinajstić information content (AvgIpc) is 3.11. The molecule has 2 aromatic heterocycles. The van der Waals surface area contributed by atoms with E-state index < -0.39 is 10.0 Å². The largest absolute Gasteiger partial charge is 0.354 e. The summed E-state index contributed by atoms with van der Waals surface area (Å²) in [5, 5.41) is 7.19. The second-order valence-electron chi connectivity index (χ2n) is 8.52. The van der Waals surface area contributed by atoms with E-state index in [1.54, 1.807) is 29.8 Å². The molecule has 1 amide bonds. The zero-order valence-corrected chi connectivity index (χ0v) is 20.8. The van der Waals surface area contributed by atoms with Gasteiger partial charge in [0.15, 0.2) is 5.82 Å². The van der Waals surface area contributed by atoms with E-state index in [4.69, 9.17) is 0 Å². The monoisotopic (exact) mass is 483 g/mol. The van der Waals surface area contributed by atoms with Crippen LogP contribution in [-0.2, 0) is 14.8 Å². The van der Waals surface area contributed by atoms with Crippen molar-refractivity contribution in [2.45, 2.75) is 39.5 Å². The third kappa shape index (κ3) is 4.80. The smallest absolute Gasteiger partial charge is 0.243 e. The summed E-state index contributed by atoms with van der Waals surface area (Å²) in [7, 11) is -3.66. The van der Waals surface area contributed by atoms with Gasteiger partial charge in [-0.15, -0.1) is 0 Å². The maximum Gasteiger partial charge on any atom is 0.243 e. The molecule has 3 aromatic rings. The van der Waals surface area contributed by atoms with Crippen molar-refractivity contribution < 1.29 is 13.2 Å². The molecular weight excluding hydrogens is 454 g/mol. The summed E-state index contributed by atoms with van der Waals surface area (Å²) < 4.78 is 29.9. The van der Waals surface area contributed by atoms with Crippen LogP contribution in [0.5, 0.6) is 0 Å². The summed E-state index contributed by atoms with van der Waals surface area (Å²) in [6.07, 6.45) is 0. The van der Waals surface area contributed by atoms with Gasteiger partial charge >= 0.3 is 0 Å². The normalized spacial score (nSPS) is 14.9. The molecule has 0 bridgehead atoms. The second kappa shape index (κ2) is 9.15. The van der Waals surface area contributed by atoms with E-state index in [0.29, 0.717) is 49.1 Å². The molecule has 4 rings (SSSR count). The Bertz CT molecular complexity index is 1340. The molecule has 0 spiro atoms. The standard InChI is InChI=1S/C23H29N7O3S/c1-15-12-20(26-19(5)31)6-7-21(15)34(32,33)29-10-8-28(9-11-29)22-14-23(25-18(4)24-22)30-17(3)13-16(2)27-30/h6-7,12-14H,8-11H2,1-5H3,(H,26,31). The third-order valence-corrected chi connectivity index (χ3v) is 7.77. The van der Waals surface area contributed by atoms with Crippen LogP contribution < -0.4 is 10.2 Å². The quantitative estimate of drug-likeness (QED) is 0.593. The first-order valence-electron chi connectivity index (χ1n) is 11.1. The lowest BCUT2D eigenvalue weighted by molar-refractivity contribution is -0.114. The first kappa shape index (κ1) is 23.8. The maximum absolute atomic E-state index is 13.3. The zero-order valence-electron chi connectivity index (χ0n) is 20.0. The predicted molar refractivity (Wildman–Crippen MR) is 130 cm³/mol. The molecule has 0 atom stereocenters.